The fourth-order valence-corrected chi connectivity index (χ4v) is 1.59. The zero-order valence-corrected chi connectivity index (χ0v) is 10.1. The molecule has 16 heavy (non-hydrogen) atoms. The summed E-state index contributed by atoms with van der Waals surface area (Å²) in [5, 5.41) is 3.28. The molecule has 4 heteroatoms. The maximum Gasteiger partial charge on any atom is 0.186 e. The van der Waals surface area contributed by atoms with Crippen LogP contribution in [0.1, 0.15) is 19.4 Å². The molecule has 2 N–H and O–H groups in total. The summed E-state index contributed by atoms with van der Waals surface area (Å²) in [5.41, 5.74) is 0.885. The Hall–Kier alpha value is -1.13. The van der Waals surface area contributed by atoms with E-state index < -0.39 is 0 Å². The second-order valence-corrected chi connectivity index (χ2v) is 3.74. The van der Waals surface area contributed by atoms with E-state index in [1.54, 1.807) is 18.5 Å². The lowest BCUT2D eigenvalue weighted by atomic mass is 10.3. The molecule has 0 spiro atoms. The van der Waals surface area contributed by atoms with Gasteiger partial charge in [0, 0.05) is 43.7 Å². The van der Waals surface area contributed by atoms with Crippen LogP contribution >= 0.6 is 0 Å². The van der Waals surface area contributed by atoms with Crippen molar-refractivity contribution in [3.05, 3.63) is 34.2 Å². The minimum absolute atomic E-state index is 0.0917. The number of rotatable bonds is 7. The molecule has 0 aliphatic carbocycles. The molecule has 0 amide bonds. The second kappa shape index (κ2) is 7.19. The predicted octanol–water partition coefficient (Wildman–Crippen LogP) is 0.806. The number of aromatic amines is 1. The Morgan fingerprint density at radius 1 is 1.38 bits per heavy atom. The summed E-state index contributed by atoms with van der Waals surface area (Å²) in [4.78, 5) is 16.7. The first-order chi connectivity index (χ1) is 7.77. The minimum atomic E-state index is 0.0917. The van der Waals surface area contributed by atoms with Crippen molar-refractivity contribution in [2.75, 3.05) is 26.2 Å². The smallest absolute Gasteiger partial charge is 0.186 e. The van der Waals surface area contributed by atoms with Gasteiger partial charge >= 0.3 is 0 Å². The molecule has 4 nitrogen and oxygen atoms in total. The summed E-state index contributed by atoms with van der Waals surface area (Å²) in [5.74, 6) is 0. The lowest BCUT2D eigenvalue weighted by Crippen LogP contribution is -2.32. The molecule has 0 radical (unpaired) electrons. The normalized spacial score (nSPS) is 10.9. The van der Waals surface area contributed by atoms with Gasteiger partial charge in [-0.2, -0.15) is 0 Å². The number of hydrogen-bond acceptors (Lipinski definition) is 3. The topological polar surface area (TPSA) is 48.1 Å². The molecule has 1 heterocycles. The highest BCUT2D eigenvalue weighted by atomic mass is 16.1. The van der Waals surface area contributed by atoms with Gasteiger partial charge in [-0.25, -0.2) is 0 Å². The monoisotopic (exact) mass is 223 g/mol. The van der Waals surface area contributed by atoms with Crippen LogP contribution in [0.3, 0.4) is 0 Å². The molecule has 0 fully saturated rings. The molecule has 0 bridgehead atoms. The molecule has 0 saturated carbocycles. The van der Waals surface area contributed by atoms with Gasteiger partial charge < -0.3 is 15.2 Å². The molecule has 0 aliphatic heterocycles. The van der Waals surface area contributed by atoms with Crippen LogP contribution in [-0.2, 0) is 6.54 Å². The van der Waals surface area contributed by atoms with Crippen molar-refractivity contribution in [1.82, 2.24) is 15.2 Å². The van der Waals surface area contributed by atoms with Gasteiger partial charge in [0.15, 0.2) is 5.43 Å². The van der Waals surface area contributed by atoms with Gasteiger partial charge in [0.2, 0.25) is 0 Å². The van der Waals surface area contributed by atoms with Crippen molar-refractivity contribution < 1.29 is 0 Å². The zero-order valence-electron chi connectivity index (χ0n) is 10.1. The van der Waals surface area contributed by atoms with Crippen molar-refractivity contribution in [3.63, 3.8) is 0 Å². The lowest BCUT2D eigenvalue weighted by Gasteiger charge is -2.17. The van der Waals surface area contributed by atoms with Crippen LogP contribution < -0.4 is 10.7 Å². The van der Waals surface area contributed by atoms with Crippen LogP contribution in [0.5, 0.6) is 0 Å². The van der Waals surface area contributed by atoms with E-state index in [4.69, 9.17) is 0 Å². The number of likely N-dealkylation sites (N-methyl/N-ethyl adjacent to an activating group) is 1. The standard InChI is InChI=1S/C12H21N3O/c1-3-15(4-2)8-7-14-10-11-9-13-6-5-12(11)16/h5-6,9,14H,3-4,7-8,10H2,1-2H3,(H,13,16). The van der Waals surface area contributed by atoms with E-state index in [9.17, 15) is 4.79 Å². The third-order valence-electron chi connectivity index (χ3n) is 2.72. The molecule has 0 saturated heterocycles. The average Bonchev–Trinajstić information content (AvgIpc) is 2.31. The first-order valence-electron chi connectivity index (χ1n) is 5.87. The molecule has 0 aliphatic rings. The molecule has 1 rings (SSSR count). The number of nitrogens with zero attached hydrogens (tertiary/aromatic N) is 1. The SMILES string of the molecule is CCN(CC)CCNCc1c[nH]ccc1=O. The molecule has 0 unspecified atom stereocenters. The van der Waals surface area contributed by atoms with Crippen molar-refractivity contribution in [2.45, 2.75) is 20.4 Å². The van der Waals surface area contributed by atoms with Crippen LogP contribution in [0.25, 0.3) is 0 Å². The first kappa shape index (κ1) is 12.9. The maximum atomic E-state index is 11.4. The number of H-pyrrole nitrogens is 1. The van der Waals surface area contributed by atoms with Gasteiger partial charge in [0.1, 0.15) is 0 Å². The van der Waals surface area contributed by atoms with E-state index in [1.807, 2.05) is 0 Å². The van der Waals surface area contributed by atoms with E-state index in [1.165, 1.54) is 0 Å². The zero-order chi connectivity index (χ0) is 11.8. The van der Waals surface area contributed by atoms with Gasteiger partial charge in [-0.3, -0.25) is 4.79 Å². The van der Waals surface area contributed by atoms with Crippen LogP contribution in [0.2, 0.25) is 0 Å². The van der Waals surface area contributed by atoms with Gasteiger partial charge in [-0.05, 0) is 13.1 Å². The summed E-state index contributed by atoms with van der Waals surface area (Å²) in [6.07, 6.45) is 3.41. The Labute approximate surface area is 96.7 Å². The second-order valence-electron chi connectivity index (χ2n) is 3.74. The number of hydrogen-bond donors (Lipinski definition) is 2. The molecule has 1 aromatic heterocycles. The Morgan fingerprint density at radius 2 is 2.12 bits per heavy atom. The van der Waals surface area contributed by atoms with Gasteiger partial charge in [-0.1, -0.05) is 13.8 Å². The lowest BCUT2D eigenvalue weighted by molar-refractivity contribution is 0.302. The highest BCUT2D eigenvalue weighted by molar-refractivity contribution is 5.08. The summed E-state index contributed by atoms with van der Waals surface area (Å²) in [6.45, 7) is 9.04. The first-order valence-corrected chi connectivity index (χ1v) is 5.87. The summed E-state index contributed by atoms with van der Waals surface area (Å²) in [6, 6.07) is 1.56. The number of aromatic nitrogens is 1. The number of nitrogens with one attached hydrogen (secondary N) is 2. The third kappa shape index (κ3) is 4.16. The highest BCUT2D eigenvalue weighted by Gasteiger charge is 1.99. The molecule has 0 atom stereocenters. The van der Waals surface area contributed by atoms with Crippen LogP contribution in [0.4, 0.5) is 0 Å². The van der Waals surface area contributed by atoms with Crippen molar-refractivity contribution in [3.8, 4) is 0 Å². The Kier molecular flexibility index (Phi) is 5.82. The minimum Gasteiger partial charge on any atom is -0.367 e. The average molecular weight is 223 g/mol. The Morgan fingerprint density at radius 3 is 2.75 bits per heavy atom. The van der Waals surface area contributed by atoms with E-state index in [0.29, 0.717) is 6.54 Å². The van der Waals surface area contributed by atoms with Crippen molar-refractivity contribution in [1.29, 1.82) is 0 Å². The van der Waals surface area contributed by atoms with Crippen molar-refractivity contribution >= 4 is 0 Å². The fraction of sp³-hybridized carbons (Fsp3) is 0.583. The molecule has 90 valence electrons. The highest BCUT2D eigenvalue weighted by Crippen LogP contribution is 1.88. The van der Waals surface area contributed by atoms with Gasteiger partial charge in [0.25, 0.3) is 0 Å². The largest absolute Gasteiger partial charge is 0.367 e. The predicted molar refractivity (Wildman–Crippen MR) is 66.6 cm³/mol. The third-order valence-corrected chi connectivity index (χ3v) is 2.72. The van der Waals surface area contributed by atoms with E-state index in [0.717, 1.165) is 31.7 Å². The molecular weight excluding hydrogens is 202 g/mol. The van der Waals surface area contributed by atoms with E-state index >= 15 is 0 Å². The quantitative estimate of drug-likeness (QED) is 0.672. The number of pyridine rings is 1. The van der Waals surface area contributed by atoms with Crippen LogP contribution in [-0.4, -0.2) is 36.1 Å². The summed E-state index contributed by atoms with van der Waals surface area (Å²) >= 11 is 0. The molecular formula is C12H21N3O. The van der Waals surface area contributed by atoms with Gasteiger partial charge in [0.05, 0.1) is 0 Å². The molecule has 1 aromatic rings. The van der Waals surface area contributed by atoms with Gasteiger partial charge in [-0.15, -0.1) is 0 Å². The van der Waals surface area contributed by atoms with E-state index in [-0.39, 0.29) is 5.43 Å². The van der Waals surface area contributed by atoms with E-state index in [2.05, 4.69) is 29.0 Å². The Bertz CT molecular complexity index is 344. The maximum absolute atomic E-state index is 11.4. The fourth-order valence-electron chi connectivity index (χ4n) is 1.59. The Balaban J connectivity index is 2.26. The summed E-state index contributed by atoms with van der Waals surface area (Å²) < 4.78 is 0. The van der Waals surface area contributed by atoms with Crippen LogP contribution in [0.15, 0.2) is 23.3 Å². The molecule has 0 aromatic carbocycles. The van der Waals surface area contributed by atoms with Crippen LogP contribution in [0, 0.1) is 0 Å². The summed E-state index contributed by atoms with van der Waals surface area (Å²) in [7, 11) is 0. The van der Waals surface area contributed by atoms with Crippen molar-refractivity contribution in [2.24, 2.45) is 0 Å².